The highest BCUT2D eigenvalue weighted by molar-refractivity contribution is 5.96. The topological polar surface area (TPSA) is 122 Å². The van der Waals surface area contributed by atoms with Crippen LogP contribution in [-0.4, -0.2) is 68.1 Å². The maximum atomic E-state index is 13.8. The Morgan fingerprint density at radius 1 is 1.00 bits per heavy atom. The third-order valence-corrected chi connectivity index (χ3v) is 5.90. The van der Waals surface area contributed by atoms with Crippen molar-refractivity contribution in [1.82, 2.24) is 10.2 Å². The molecular weight excluding hydrogens is 473 g/mol. The summed E-state index contributed by atoms with van der Waals surface area (Å²) in [5.74, 6) is 0.682. The summed E-state index contributed by atoms with van der Waals surface area (Å²) in [4.78, 5) is 14.0. The van der Waals surface area contributed by atoms with Crippen molar-refractivity contribution in [3.63, 3.8) is 0 Å². The Balaban J connectivity index is 1.76. The van der Waals surface area contributed by atoms with Gasteiger partial charge in [-0.05, 0) is 55.2 Å². The molecule has 1 aliphatic heterocycles. The Hall–Kier alpha value is -3.54. The molecule has 0 aliphatic carbocycles. The number of carbonyl (C=O) groups is 1. The van der Waals surface area contributed by atoms with Crippen molar-refractivity contribution in [2.24, 2.45) is 0 Å². The largest absolute Gasteiger partial charge is 0.495 e. The molecule has 1 amide bonds. The van der Waals surface area contributed by atoms with Crippen LogP contribution in [0.15, 0.2) is 42.4 Å². The summed E-state index contributed by atoms with van der Waals surface area (Å²) in [6.45, 7) is 1.50. The predicted octanol–water partition coefficient (Wildman–Crippen LogP) is 2.14. The van der Waals surface area contributed by atoms with E-state index < -0.39 is 30.4 Å². The predicted molar refractivity (Wildman–Crippen MR) is 131 cm³/mol. The molecule has 1 aliphatic rings. The van der Waals surface area contributed by atoms with E-state index in [9.17, 15) is 19.4 Å². The molecule has 36 heavy (non-hydrogen) atoms. The molecule has 3 unspecified atom stereocenters. The Morgan fingerprint density at radius 2 is 1.61 bits per heavy atom. The zero-order chi connectivity index (χ0) is 26.4. The number of aliphatic hydroxyl groups excluding tert-OH is 2. The SMILES string of the molecule is COc1ccc(CCc2cc(OC)c(OC)c(OC)c2)cc1NC(=O)C(C)N1C=C(F)C(O)NC1O. The summed E-state index contributed by atoms with van der Waals surface area (Å²) in [6, 6.07) is 8.25. The number of rotatable bonds is 10. The Labute approximate surface area is 209 Å². The quantitative estimate of drug-likeness (QED) is 0.385. The van der Waals surface area contributed by atoms with Gasteiger partial charge in [0, 0.05) is 6.20 Å². The first-order valence-electron chi connectivity index (χ1n) is 11.3. The summed E-state index contributed by atoms with van der Waals surface area (Å²) >= 11 is 0. The minimum atomic E-state index is -1.63. The number of hydrogen-bond acceptors (Lipinski definition) is 9. The molecule has 3 atom stereocenters. The number of nitrogens with zero attached hydrogens (tertiary/aromatic N) is 1. The second-order valence-corrected chi connectivity index (χ2v) is 8.14. The highest BCUT2D eigenvalue weighted by Crippen LogP contribution is 2.38. The van der Waals surface area contributed by atoms with Crippen LogP contribution < -0.4 is 29.6 Å². The molecular formula is C25H32FN3O7. The molecule has 2 aromatic carbocycles. The zero-order valence-electron chi connectivity index (χ0n) is 20.9. The highest BCUT2D eigenvalue weighted by Gasteiger charge is 2.32. The maximum Gasteiger partial charge on any atom is 0.247 e. The van der Waals surface area contributed by atoms with Crippen LogP contribution in [0, 0.1) is 0 Å². The molecule has 0 bridgehead atoms. The smallest absolute Gasteiger partial charge is 0.247 e. The van der Waals surface area contributed by atoms with Gasteiger partial charge in [0.25, 0.3) is 0 Å². The third-order valence-electron chi connectivity index (χ3n) is 5.90. The first-order valence-corrected chi connectivity index (χ1v) is 11.3. The minimum Gasteiger partial charge on any atom is -0.495 e. The fourth-order valence-electron chi connectivity index (χ4n) is 3.86. The van der Waals surface area contributed by atoms with Crippen LogP contribution >= 0.6 is 0 Å². The maximum absolute atomic E-state index is 13.8. The molecule has 0 radical (unpaired) electrons. The van der Waals surface area contributed by atoms with Crippen LogP contribution in [0.2, 0.25) is 0 Å². The monoisotopic (exact) mass is 505 g/mol. The number of carbonyl (C=O) groups excluding carboxylic acids is 1. The van der Waals surface area contributed by atoms with Crippen LogP contribution in [0.4, 0.5) is 10.1 Å². The fourth-order valence-corrected chi connectivity index (χ4v) is 3.86. The summed E-state index contributed by atoms with van der Waals surface area (Å²) in [5.41, 5.74) is 2.34. The van der Waals surface area contributed by atoms with Crippen molar-refractivity contribution in [3.05, 3.63) is 53.5 Å². The molecule has 0 fully saturated rings. The Morgan fingerprint density at radius 3 is 2.19 bits per heavy atom. The first kappa shape index (κ1) is 27.1. The van der Waals surface area contributed by atoms with E-state index in [2.05, 4.69) is 10.6 Å². The molecule has 0 saturated carbocycles. The van der Waals surface area contributed by atoms with Gasteiger partial charge in [-0.25, -0.2) is 9.71 Å². The van der Waals surface area contributed by atoms with Crippen molar-refractivity contribution in [1.29, 1.82) is 0 Å². The van der Waals surface area contributed by atoms with E-state index in [1.165, 1.54) is 14.0 Å². The Bertz CT molecular complexity index is 1090. The zero-order valence-corrected chi connectivity index (χ0v) is 20.9. The molecule has 10 nitrogen and oxygen atoms in total. The summed E-state index contributed by atoms with van der Waals surface area (Å²) in [6.07, 6.45) is -0.867. The van der Waals surface area contributed by atoms with E-state index in [1.54, 1.807) is 33.5 Å². The number of nitrogens with one attached hydrogen (secondary N) is 2. The van der Waals surface area contributed by atoms with Gasteiger partial charge < -0.3 is 39.4 Å². The number of aliphatic hydroxyl groups is 2. The average Bonchev–Trinajstić information content (AvgIpc) is 2.88. The first-order chi connectivity index (χ1) is 17.2. The highest BCUT2D eigenvalue weighted by atomic mass is 19.1. The van der Waals surface area contributed by atoms with Crippen molar-refractivity contribution in [2.75, 3.05) is 33.8 Å². The van der Waals surface area contributed by atoms with Gasteiger partial charge >= 0.3 is 0 Å². The summed E-state index contributed by atoms with van der Waals surface area (Å²) in [7, 11) is 6.16. The second-order valence-electron chi connectivity index (χ2n) is 8.14. The van der Waals surface area contributed by atoms with Gasteiger partial charge in [-0.15, -0.1) is 0 Å². The van der Waals surface area contributed by atoms with Crippen LogP contribution in [-0.2, 0) is 17.6 Å². The Kier molecular flexibility index (Phi) is 8.97. The lowest BCUT2D eigenvalue weighted by Crippen LogP contribution is -2.56. The molecule has 0 saturated heterocycles. The van der Waals surface area contributed by atoms with E-state index >= 15 is 0 Å². The van der Waals surface area contributed by atoms with Crippen molar-refractivity contribution >= 4 is 11.6 Å². The van der Waals surface area contributed by atoms with E-state index in [0.717, 1.165) is 22.2 Å². The van der Waals surface area contributed by atoms with Gasteiger partial charge in [0.2, 0.25) is 11.7 Å². The van der Waals surface area contributed by atoms with Crippen LogP contribution in [0.5, 0.6) is 23.0 Å². The van der Waals surface area contributed by atoms with Crippen molar-refractivity contribution in [2.45, 2.75) is 38.4 Å². The lowest BCUT2D eigenvalue weighted by Gasteiger charge is -2.36. The second kappa shape index (κ2) is 11.9. The van der Waals surface area contributed by atoms with Crippen LogP contribution in [0.3, 0.4) is 0 Å². The lowest BCUT2D eigenvalue weighted by atomic mass is 10.0. The molecule has 0 aromatic heterocycles. The minimum absolute atomic E-state index is 0.431. The van der Waals surface area contributed by atoms with E-state index in [0.29, 0.717) is 41.5 Å². The van der Waals surface area contributed by atoms with Crippen molar-refractivity contribution < 1.29 is 38.3 Å². The molecule has 0 spiro atoms. The molecule has 1 heterocycles. The number of ether oxygens (including phenoxy) is 4. The van der Waals surface area contributed by atoms with Crippen LogP contribution in [0.1, 0.15) is 18.1 Å². The molecule has 196 valence electrons. The number of halogens is 1. The van der Waals surface area contributed by atoms with Gasteiger partial charge in [0.1, 0.15) is 11.8 Å². The average molecular weight is 506 g/mol. The van der Waals surface area contributed by atoms with E-state index in [1.807, 2.05) is 18.2 Å². The van der Waals surface area contributed by atoms with E-state index in [-0.39, 0.29) is 0 Å². The number of benzene rings is 2. The van der Waals surface area contributed by atoms with Crippen molar-refractivity contribution in [3.8, 4) is 23.0 Å². The number of anilines is 1. The normalized spacial score (nSPS) is 18.2. The number of amides is 1. The van der Waals surface area contributed by atoms with Gasteiger partial charge in [-0.1, -0.05) is 6.07 Å². The van der Waals surface area contributed by atoms with Gasteiger partial charge in [-0.3, -0.25) is 4.79 Å². The lowest BCUT2D eigenvalue weighted by molar-refractivity contribution is -0.127. The van der Waals surface area contributed by atoms with E-state index in [4.69, 9.17) is 18.9 Å². The summed E-state index contributed by atoms with van der Waals surface area (Å²) in [5, 5.41) is 24.6. The number of methoxy groups -OCH3 is 4. The fraction of sp³-hybridized carbons (Fsp3) is 0.400. The standard InChI is InChI=1S/C25H32FN3O7/c1-14(29-13-17(26)24(31)28-25(29)32)23(30)27-18-10-15(8-9-19(18)33-2)6-7-16-11-20(34-3)22(36-5)21(12-16)35-4/h8-14,24-25,28,31-32H,6-7H2,1-5H3,(H,27,30). The number of hydrogen-bond donors (Lipinski definition) is 4. The summed E-state index contributed by atoms with van der Waals surface area (Å²) < 4.78 is 35.4. The van der Waals surface area contributed by atoms with Gasteiger partial charge in [-0.2, -0.15) is 0 Å². The molecule has 4 N–H and O–H groups in total. The van der Waals surface area contributed by atoms with Crippen LogP contribution in [0.25, 0.3) is 0 Å². The molecule has 3 rings (SSSR count). The number of aryl methyl sites for hydroxylation is 2. The van der Waals surface area contributed by atoms with Gasteiger partial charge in [0.15, 0.2) is 29.9 Å². The third kappa shape index (κ3) is 5.99. The molecule has 11 heteroatoms. The van der Waals surface area contributed by atoms with Gasteiger partial charge in [0.05, 0.1) is 34.1 Å². The molecule has 2 aromatic rings.